The van der Waals surface area contributed by atoms with Crippen molar-refractivity contribution in [2.75, 3.05) is 0 Å². The zero-order chi connectivity index (χ0) is 11.8. The average molecular weight is 355 g/mol. The molecule has 17 heavy (non-hydrogen) atoms. The molecular weight excluding hydrogens is 347 g/mol. The summed E-state index contributed by atoms with van der Waals surface area (Å²) in [5.41, 5.74) is 2.12. The second kappa shape index (κ2) is 4.31. The smallest absolute Gasteiger partial charge is 0.0741 e. The van der Waals surface area contributed by atoms with Crippen molar-refractivity contribution in [1.82, 2.24) is 9.78 Å². The van der Waals surface area contributed by atoms with Gasteiger partial charge < -0.3 is 0 Å². The van der Waals surface area contributed by atoms with Gasteiger partial charge in [-0.3, -0.25) is 0 Å². The van der Waals surface area contributed by atoms with Gasteiger partial charge in [-0.2, -0.15) is 5.10 Å². The molecular formula is C13H8ClIN2. The van der Waals surface area contributed by atoms with Crippen molar-refractivity contribution in [1.29, 1.82) is 0 Å². The molecule has 2 nitrogen and oxygen atoms in total. The second-order valence-electron chi connectivity index (χ2n) is 3.74. The fourth-order valence-corrected chi connectivity index (χ4v) is 2.43. The lowest BCUT2D eigenvalue weighted by Gasteiger charge is -2.03. The van der Waals surface area contributed by atoms with Crippen molar-refractivity contribution < 1.29 is 0 Å². The molecule has 1 heterocycles. The predicted octanol–water partition coefficient (Wildman–Crippen LogP) is 4.28. The monoisotopic (exact) mass is 354 g/mol. The summed E-state index contributed by atoms with van der Waals surface area (Å²) >= 11 is 8.18. The van der Waals surface area contributed by atoms with Crippen LogP contribution < -0.4 is 0 Å². The number of benzene rings is 2. The first kappa shape index (κ1) is 11.0. The van der Waals surface area contributed by atoms with Crippen LogP contribution in [-0.2, 0) is 0 Å². The molecule has 0 N–H and O–H groups in total. The standard InChI is InChI=1S/C13H8ClIN2/c14-10-1-4-12(5-2-10)17-13-6-3-11(15)7-9(13)8-16-17/h1-8H. The fourth-order valence-electron chi connectivity index (χ4n) is 1.79. The van der Waals surface area contributed by atoms with Gasteiger partial charge in [0.05, 0.1) is 17.4 Å². The quantitative estimate of drug-likeness (QED) is 0.596. The van der Waals surface area contributed by atoms with Crippen LogP contribution in [0.3, 0.4) is 0 Å². The Kier molecular flexibility index (Phi) is 2.80. The highest BCUT2D eigenvalue weighted by Gasteiger charge is 2.04. The molecule has 1 aromatic heterocycles. The van der Waals surface area contributed by atoms with Crippen molar-refractivity contribution in [2.24, 2.45) is 0 Å². The highest BCUT2D eigenvalue weighted by atomic mass is 127. The van der Waals surface area contributed by atoms with Gasteiger partial charge in [0.2, 0.25) is 0 Å². The molecule has 0 fully saturated rings. The van der Waals surface area contributed by atoms with Gasteiger partial charge in [-0.05, 0) is 65.1 Å². The summed E-state index contributed by atoms with van der Waals surface area (Å²) in [5.74, 6) is 0. The molecule has 0 radical (unpaired) electrons. The molecule has 2 aromatic carbocycles. The number of nitrogens with zero attached hydrogens (tertiary/aromatic N) is 2. The Morgan fingerprint density at radius 3 is 2.59 bits per heavy atom. The molecule has 0 spiro atoms. The zero-order valence-electron chi connectivity index (χ0n) is 8.77. The molecule has 84 valence electrons. The number of halogens is 2. The van der Waals surface area contributed by atoms with Gasteiger partial charge in [0.15, 0.2) is 0 Å². The van der Waals surface area contributed by atoms with E-state index < -0.39 is 0 Å². The van der Waals surface area contributed by atoms with Gasteiger partial charge in [0.1, 0.15) is 0 Å². The van der Waals surface area contributed by atoms with E-state index in [4.69, 9.17) is 11.6 Å². The van der Waals surface area contributed by atoms with Crippen molar-refractivity contribution in [3.63, 3.8) is 0 Å². The summed E-state index contributed by atoms with van der Waals surface area (Å²) in [5, 5.41) is 6.29. The Balaban J connectivity index is 2.21. The molecule has 0 atom stereocenters. The first-order valence-corrected chi connectivity index (χ1v) is 6.59. The molecule has 0 unspecified atom stereocenters. The Hall–Kier alpha value is -1.07. The van der Waals surface area contributed by atoms with E-state index in [1.54, 1.807) is 0 Å². The topological polar surface area (TPSA) is 17.8 Å². The van der Waals surface area contributed by atoms with Crippen molar-refractivity contribution >= 4 is 45.1 Å². The summed E-state index contributed by atoms with van der Waals surface area (Å²) in [6.45, 7) is 0. The van der Waals surface area contributed by atoms with E-state index in [1.165, 1.54) is 3.57 Å². The van der Waals surface area contributed by atoms with E-state index in [0.29, 0.717) is 0 Å². The second-order valence-corrected chi connectivity index (χ2v) is 5.42. The Morgan fingerprint density at radius 2 is 1.82 bits per heavy atom. The first-order chi connectivity index (χ1) is 8.24. The minimum Gasteiger partial charge on any atom is -0.233 e. The summed E-state index contributed by atoms with van der Waals surface area (Å²) in [4.78, 5) is 0. The summed E-state index contributed by atoms with van der Waals surface area (Å²) in [6, 6.07) is 14.0. The van der Waals surface area contributed by atoms with E-state index in [9.17, 15) is 0 Å². The minimum absolute atomic E-state index is 0.736. The summed E-state index contributed by atoms with van der Waals surface area (Å²) in [6.07, 6.45) is 1.88. The molecule has 0 saturated carbocycles. The van der Waals surface area contributed by atoms with Crippen molar-refractivity contribution in [2.45, 2.75) is 0 Å². The van der Waals surface area contributed by atoms with E-state index in [2.05, 4.69) is 45.9 Å². The maximum atomic E-state index is 5.88. The molecule has 0 aliphatic heterocycles. The largest absolute Gasteiger partial charge is 0.233 e. The van der Waals surface area contributed by atoms with Crippen molar-refractivity contribution in [3.05, 3.63) is 57.3 Å². The lowest BCUT2D eigenvalue weighted by molar-refractivity contribution is 0.911. The van der Waals surface area contributed by atoms with E-state index in [-0.39, 0.29) is 0 Å². The number of rotatable bonds is 1. The van der Waals surface area contributed by atoms with E-state index in [0.717, 1.165) is 21.6 Å². The van der Waals surface area contributed by atoms with Gasteiger partial charge in [0, 0.05) is 14.0 Å². The number of fused-ring (bicyclic) bond motifs is 1. The molecule has 0 bridgehead atoms. The first-order valence-electron chi connectivity index (χ1n) is 5.13. The highest BCUT2D eigenvalue weighted by Crippen LogP contribution is 2.21. The lowest BCUT2D eigenvalue weighted by atomic mass is 10.2. The van der Waals surface area contributed by atoms with Crippen LogP contribution in [0.5, 0.6) is 0 Å². The Morgan fingerprint density at radius 1 is 1.06 bits per heavy atom. The zero-order valence-corrected chi connectivity index (χ0v) is 11.7. The Bertz CT molecular complexity index is 673. The minimum atomic E-state index is 0.736. The average Bonchev–Trinajstić information content (AvgIpc) is 2.73. The molecule has 0 aliphatic rings. The molecule has 0 aliphatic carbocycles. The summed E-state index contributed by atoms with van der Waals surface area (Å²) < 4.78 is 3.13. The molecule has 0 amide bonds. The normalized spacial score (nSPS) is 10.9. The van der Waals surface area contributed by atoms with Crippen LogP contribution in [0, 0.1) is 3.57 Å². The van der Waals surface area contributed by atoms with Crippen LogP contribution in [0.4, 0.5) is 0 Å². The van der Waals surface area contributed by atoms with Crippen LogP contribution in [-0.4, -0.2) is 9.78 Å². The van der Waals surface area contributed by atoms with Gasteiger partial charge >= 0.3 is 0 Å². The third-order valence-corrected chi connectivity index (χ3v) is 3.52. The maximum Gasteiger partial charge on any atom is 0.0741 e. The van der Waals surface area contributed by atoms with Gasteiger partial charge in [0.25, 0.3) is 0 Å². The third-order valence-electron chi connectivity index (χ3n) is 2.60. The van der Waals surface area contributed by atoms with Crippen LogP contribution in [0.25, 0.3) is 16.6 Å². The lowest BCUT2D eigenvalue weighted by Crippen LogP contribution is -1.95. The highest BCUT2D eigenvalue weighted by molar-refractivity contribution is 14.1. The van der Waals surface area contributed by atoms with E-state index in [1.807, 2.05) is 35.1 Å². The third kappa shape index (κ3) is 2.05. The van der Waals surface area contributed by atoms with Gasteiger partial charge in [-0.1, -0.05) is 11.6 Å². The predicted molar refractivity (Wildman–Crippen MR) is 78.8 cm³/mol. The van der Waals surface area contributed by atoms with Crippen LogP contribution >= 0.6 is 34.2 Å². The van der Waals surface area contributed by atoms with Crippen LogP contribution in [0.15, 0.2) is 48.7 Å². The molecule has 4 heteroatoms. The maximum absolute atomic E-state index is 5.88. The van der Waals surface area contributed by atoms with Crippen molar-refractivity contribution in [3.8, 4) is 5.69 Å². The SMILES string of the molecule is Clc1ccc(-n2ncc3cc(I)ccc32)cc1. The number of aromatic nitrogens is 2. The van der Waals surface area contributed by atoms with Crippen LogP contribution in [0.2, 0.25) is 5.02 Å². The fraction of sp³-hybridized carbons (Fsp3) is 0. The van der Waals surface area contributed by atoms with E-state index >= 15 is 0 Å². The molecule has 0 saturated heterocycles. The number of hydrogen-bond acceptors (Lipinski definition) is 1. The van der Waals surface area contributed by atoms with Crippen LogP contribution in [0.1, 0.15) is 0 Å². The molecule has 3 aromatic rings. The van der Waals surface area contributed by atoms with Gasteiger partial charge in [-0.25, -0.2) is 4.68 Å². The summed E-state index contributed by atoms with van der Waals surface area (Å²) in [7, 11) is 0. The van der Waals surface area contributed by atoms with Gasteiger partial charge in [-0.15, -0.1) is 0 Å². The number of hydrogen-bond donors (Lipinski definition) is 0. The molecule has 3 rings (SSSR count). The Labute approximate surface area is 117 Å².